The minimum Gasteiger partial charge on any atom is -0.488 e. The first-order valence-corrected chi connectivity index (χ1v) is 21.0. The Kier molecular flexibility index (Phi) is 10.6. The van der Waals surface area contributed by atoms with Gasteiger partial charge in [-0.15, -0.1) is 22.7 Å². The molecule has 300 valence electrons. The molecule has 0 spiro atoms. The minimum absolute atomic E-state index is 0.0122. The summed E-state index contributed by atoms with van der Waals surface area (Å²) in [4.78, 5) is 65.5. The summed E-state index contributed by atoms with van der Waals surface area (Å²) >= 11 is 3.18. The topological polar surface area (TPSA) is 227 Å². The zero-order valence-electron chi connectivity index (χ0n) is 31.5. The molecule has 2 saturated heterocycles. The largest absolute Gasteiger partial charge is 0.488 e. The van der Waals surface area contributed by atoms with E-state index in [1.165, 1.54) is 12.3 Å². The van der Waals surface area contributed by atoms with E-state index in [1.807, 2.05) is 63.3 Å². The highest BCUT2D eigenvalue weighted by atomic mass is 32.1. The standard InChI is InChI=1S/C20H20N6O3S.C20H18N6O2S/c21-18(27)14-4-5-22-20(25-14)26-8-12(9-26)24-19(28)11-6-13(7-11)29-15-2-1-3-16-17(15)23-10-30-16;21-8-13-4-5-22-20(25-13)26-9-14(10-26)24-19(27)12-6-15(7-12)28-16-2-1-3-17-18(16)23-11-29-17/h1-5,10-13H,6-9H2,(H2,21,27)(H,24,28);1-5,11-12,14-15H,6-7,9-10H2,(H,24,27). The van der Waals surface area contributed by atoms with Gasteiger partial charge in [0.1, 0.15) is 52.2 Å². The molecule has 2 aliphatic heterocycles. The van der Waals surface area contributed by atoms with E-state index < -0.39 is 5.91 Å². The second-order valence-electron chi connectivity index (χ2n) is 14.9. The summed E-state index contributed by atoms with van der Waals surface area (Å²) in [5.74, 6) is 2.05. The Morgan fingerprint density at radius 2 is 1.19 bits per heavy atom. The van der Waals surface area contributed by atoms with Gasteiger partial charge in [-0.25, -0.2) is 29.9 Å². The number of anilines is 2. The summed E-state index contributed by atoms with van der Waals surface area (Å²) < 4.78 is 14.3. The van der Waals surface area contributed by atoms with E-state index in [9.17, 15) is 14.4 Å². The second kappa shape index (κ2) is 16.4. The summed E-state index contributed by atoms with van der Waals surface area (Å²) in [6, 6.07) is 17.0. The minimum atomic E-state index is -0.586. The van der Waals surface area contributed by atoms with Gasteiger partial charge in [-0.1, -0.05) is 12.1 Å². The molecule has 2 aromatic carbocycles. The monoisotopic (exact) mass is 830 g/mol. The van der Waals surface area contributed by atoms with E-state index in [0.717, 1.165) is 44.8 Å². The smallest absolute Gasteiger partial charge is 0.267 e. The van der Waals surface area contributed by atoms with Crippen LogP contribution in [0.2, 0.25) is 0 Å². The van der Waals surface area contributed by atoms with Gasteiger partial charge < -0.3 is 35.6 Å². The first-order chi connectivity index (χ1) is 28.8. The lowest BCUT2D eigenvalue weighted by molar-refractivity contribution is -0.132. The number of benzene rings is 2. The number of carbonyl (C=O) groups excluding carboxylic acids is 3. The van der Waals surface area contributed by atoms with Gasteiger partial charge >= 0.3 is 0 Å². The molecular formula is C40H38N12O5S2. The number of thiazole rings is 2. The predicted molar refractivity (Wildman–Crippen MR) is 219 cm³/mol. The van der Waals surface area contributed by atoms with E-state index in [1.54, 1.807) is 34.9 Å². The van der Waals surface area contributed by atoms with Crippen molar-refractivity contribution in [2.24, 2.45) is 17.6 Å². The third-order valence-corrected chi connectivity index (χ3v) is 12.4. The van der Waals surface area contributed by atoms with Crippen LogP contribution in [0.5, 0.6) is 11.5 Å². The number of primary amides is 1. The lowest BCUT2D eigenvalue weighted by atomic mass is 9.81. The second-order valence-corrected chi connectivity index (χ2v) is 16.7. The molecular weight excluding hydrogens is 793 g/mol. The fraction of sp³-hybridized carbons (Fsp3) is 0.350. The van der Waals surface area contributed by atoms with Crippen LogP contribution >= 0.6 is 22.7 Å². The summed E-state index contributed by atoms with van der Waals surface area (Å²) in [6.45, 7) is 2.51. The quantitative estimate of drug-likeness (QED) is 0.170. The van der Waals surface area contributed by atoms with Gasteiger partial charge in [0.15, 0.2) is 0 Å². The van der Waals surface area contributed by atoms with Crippen molar-refractivity contribution in [1.29, 1.82) is 5.26 Å². The third-order valence-electron chi connectivity index (χ3n) is 10.8. The molecule has 4 aromatic heterocycles. The lowest BCUT2D eigenvalue weighted by Gasteiger charge is -2.41. The number of fused-ring (bicyclic) bond motifs is 2. The molecule has 3 amide bonds. The molecule has 0 unspecified atom stereocenters. The van der Waals surface area contributed by atoms with E-state index in [0.29, 0.717) is 56.6 Å². The van der Waals surface area contributed by atoms with Crippen molar-refractivity contribution in [2.45, 2.75) is 50.0 Å². The van der Waals surface area contributed by atoms with Crippen molar-refractivity contribution >= 4 is 72.7 Å². The Labute approximate surface area is 345 Å². The van der Waals surface area contributed by atoms with E-state index in [4.69, 9.17) is 20.5 Å². The molecule has 2 aliphatic carbocycles. The maximum absolute atomic E-state index is 12.5. The van der Waals surface area contributed by atoms with Gasteiger partial charge in [-0.05, 0) is 62.1 Å². The van der Waals surface area contributed by atoms with Crippen LogP contribution in [0.25, 0.3) is 20.4 Å². The zero-order chi connectivity index (χ0) is 40.5. The van der Waals surface area contributed by atoms with Crippen LogP contribution in [-0.4, -0.2) is 98.1 Å². The Morgan fingerprint density at radius 1 is 0.695 bits per heavy atom. The average Bonchev–Trinajstić information content (AvgIpc) is 3.88. The van der Waals surface area contributed by atoms with E-state index in [-0.39, 0.29) is 53.6 Å². The number of aromatic nitrogens is 6. The molecule has 0 atom stereocenters. The van der Waals surface area contributed by atoms with Crippen molar-refractivity contribution in [3.63, 3.8) is 0 Å². The van der Waals surface area contributed by atoms with Crippen LogP contribution in [-0.2, 0) is 9.59 Å². The Balaban J connectivity index is 0.000000152. The molecule has 6 aromatic rings. The molecule has 19 heteroatoms. The Hall–Kier alpha value is -6.52. The molecule has 0 radical (unpaired) electrons. The molecule has 17 nitrogen and oxygen atoms in total. The molecule has 4 fully saturated rings. The number of nitrogens with zero attached hydrogens (tertiary/aromatic N) is 9. The molecule has 2 saturated carbocycles. The predicted octanol–water partition coefficient (Wildman–Crippen LogP) is 3.47. The van der Waals surface area contributed by atoms with Crippen molar-refractivity contribution in [1.82, 2.24) is 40.5 Å². The van der Waals surface area contributed by atoms with Crippen LogP contribution in [0.15, 0.2) is 71.9 Å². The highest BCUT2D eigenvalue weighted by Crippen LogP contribution is 2.37. The number of hydrogen-bond donors (Lipinski definition) is 3. The van der Waals surface area contributed by atoms with Crippen LogP contribution in [0.3, 0.4) is 0 Å². The number of hydrogen-bond acceptors (Lipinski definition) is 16. The van der Waals surface area contributed by atoms with Crippen LogP contribution < -0.4 is 35.6 Å². The number of carbonyl (C=O) groups is 3. The van der Waals surface area contributed by atoms with Crippen LogP contribution in [0.4, 0.5) is 11.9 Å². The maximum atomic E-state index is 12.5. The van der Waals surface area contributed by atoms with Crippen molar-refractivity contribution < 1.29 is 23.9 Å². The van der Waals surface area contributed by atoms with Crippen molar-refractivity contribution in [3.05, 3.63) is 83.3 Å². The number of para-hydroxylation sites is 2. The Morgan fingerprint density at radius 3 is 1.68 bits per heavy atom. The van der Waals surface area contributed by atoms with Gasteiger partial charge in [0.25, 0.3) is 5.91 Å². The van der Waals surface area contributed by atoms with Crippen LogP contribution in [0.1, 0.15) is 41.9 Å². The maximum Gasteiger partial charge on any atom is 0.267 e. The number of amides is 3. The number of nitriles is 1. The first-order valence-electron chi connectivity index (χ1n) is 19.2. The summed E-state index contributed by atoms with van der Waals surface area (Å²) in [7, 11) is 0. The normalized spacial score (nSPS) is 21.1. The van der Waals surface area contributed by atoms with Crippen molar-refractivity contribution in [3.8, 4) is 17.6 Å². The fourth-order valence-electron chi connectivity index (χ4n) is 7.33. The highest BCUT2D eigenvalue weighted by molar-refractivity contribution is 7.17. The molecule has 59 heavy (non-hydrogen) atoms. The number of ether oxygens (including phenoxy) is 2. The first kappa shape index (κ1) is 38.0. The third kappa shape index (κ3) is 8.27. The summed E-state index contributed by atoms with van der Waals surface area (Å²) in [5, 5.41) is 15.1. The van der Waals surface area contributed by atoms with Gasteiger partial charge in [-0.2, -0.15) is 5.26 Å². The number of rotatable bonds is 11. The van der Waals surface area contributed by atoms with Crippen molar-refractivity contribution in [2.75, 3.05) is 36.0 Å². The van der Waals surface area contributed by atoms with Gasteiger partial charge in [0.05, 0.1) is 32.5 Å². The molecule has 4 aliphatic rings. The molecule has 4 N–H and O–H groups in total. The van der Waals surface area contributed by atoms with Gasteiger partial charge in [0, 0.05) is 50.4 Å². The Bertz CT molecular complexity index is 2560. The number of nitrogens with two attached hydrogens (primary N) is 1. The average molecular weight is 831 g/mol. The zero-order valence-corrected chi connectivity index (χ0v) is 33.1. The lowest BCUT2D eigenvalue weighted by Crippen LogP contribution is -2.61. The molecule has 6 heterocycles. The molecule has 10 rings (SSSR count). The number of nitrogens with one attached hydrogen (secondary N) is 2. The molecule has 0 bridgehead atoms. The van der Waals surface area contributed by atoms with Gasteiger partial charge in [0.2, 0.25) is 23.7 Å². The van der Waals surface area contributed by atoms with Crippen LogP contribution in [0, 0.1) is 23.2 Å². The highest BCUT2D eigenvalue weighted by Gasteiger charge is 2.40. The van der Waals surface area contributed by atoms with E-state index >= 15 is 0 Å². The summed E-state index contributed by atoms with van der Waals surface area (Å²) in [6.07, 6.45) is 6.02. The SMILES string of the molecule is N#Cc1ccnc(N2CC(NC(=O)C3CC(Oc4cccc5scnc45)C3)C2)n1.NC(=O)c1ccnc(N2CC(NC(=O)C3CC(Oc4cccc5scnc45)C3)C2)n1. The summed E-state index contributed by atoms with van der Waals surface area (Å²) in [5.41, 5.74) is 11.2. The van der Waals surface area contributed by atoms with E-state index in [2.05, 4.69) is 40.5 Å². The fourth-order valence-corrected chi connectivity index (χ4v) is 8.71. The van der Waals surface area contributed by atoms with Gasteiger partial charge in [-0.3, -0.25) is 14.4 Å².